The van der Waals surface area contributed by atoms with Gasteiger partial charge in [0, 0.05) is 10.6 Å². The maximum absolute atomic E-state index is 4.84. The smallest absolute Gasteiger partial charge is 0.0491 e. The maximum atomic E-state index is 4.84. The predicted molar refractivity (Wildman–Crippen MR) is 63.1 cm³/mol. The number of benzene rings is 1. The van der Waals surface area contributed by atoms with Gasteiger partial charge in [0.05, 0.1) is 0 Å². The molecule has 0 aliphatic rings. The van der Waals surface area contributed by atoms with E-state index in [4.69, 9.17) is 12.2 Å². The van der Waals surface area contributed by atoms with Crippen LogP contribution in [-0.4, -0.2) is 4.20 Å². The molecule has 0 saturated heterocycles. The minimum atomic E-state index is 0.742. The molecule has 0 aromatic heterocycles. The Balaban J connectivity index is 0.000000561. The summed E-state index contributed by atoms with van der Waals surface area (Å²) in [6.07, 6.45) is 0.791. The first-order valence-electron chi connectivity index (χ1n) is 4.05. The highest BCUT2D eigenvalue weighted by Crippen LogP contribution is 2.02. The van der Waals surface area contributed by atoms with E-state index in [-0.39, 0.29) is 0 Å². The predicted octanol–water partition coefficient (Wildman–Crippen LogP) is 3.51. The molecule has 12 heavy (non-hydrogen) atoms. The third-order valence-electron chi connectivity index (χ3n) is 1.20. The van der Waals surface area contributed by atoms with Crippen LogP contribution in [-0.2, 0) is 6.42 Å². The van der Waals surface area contributed by atoms with Crippen molar-refractivity contribution >= 4 is 29.0 Å². The lowest BCUT2D eigenvalue weighted by molar-refractivity contribution is 1.38. The summed E-state index contributed by atoms with van der Waals surface area (Å²) in [5.41, 5.74) is 1.22. The van der Waals surface area contributed by atoms with Gasteiger partial charge in [0.15, 0.2) is 0 Å². The number of rotatable bonds is 2. The molecule has 0 heterocycles. The van der Waals surface area contributed by atoms with E-state index in [1.807, 2.05) is 44.2 Å². The van der Waals surface area contributed by atoms with Crippen molar-refractivity contribution in [2.24, 2.45) is 0 Å². The lowest BCUT2D eigenvalue weighted by atomic mass is 10.2. The molecule has 0 N–H and O–H groups in total. The van der Waals surface area contributed by atoms with Crippen molar-refractivity contribution < 1.29 is 0 Å². The summed E-state index contributed by atoms with van der Waals surface area (Å²) >= 11 is 8.88. The van der Waals surface area contributed by atoms with Crippen LogP contribution >= 0.6 is 24.8 Å². The highest BCUT2D eigenvalue weighted by atomic mass is 32.1. The Hall–Kier alpha value is -0.340. The van der Waals surface area contributed by atoms with Crippen LogP contribution in [0, 0.1) is 0 Å². The van der Waals surface area contributed by atoms with E-state index < -0.39 is 0 Å². The zero-order chi connectivity index (χ0) is 9.40. The number of thiol groups is 1. The quantitative estimate of drug-likeness (QED) is 0.560. The molecular formula is C10H14S2. The molecule has 0 spiro atoms. The van der Waals surface area contributed by atoms with Gasteiger partial charge in [-0.1, -0.05) is 56.4 Å². The molecule has 0 atom stereocenters. The standard InChI is InChI=1S/C8H8S2.C2H6/c9-8(10)6-7-4-2-1-3-5-7;1-2/h1-5H,6H2,(H,9,10);1-2H3. The molecule has 1 rings (SSSR count). The molecule has 0 unspecified atom stereocenters. The van der Waals surface area contributed by atoms with Gasteiger partial charge in [-0.05, 0) is 5.56 Å². The topological polar surface area (TPSA) is 0 Å². The average Bonchev–Trinajstić information content (AvgIpc) is 2.08. The van der Waals surface area contributed by atoms with Crippen LogP contribution in [0.1, 0.15) is 19.4 Å². The second-order valence-corrected chi connectivity index (χ2v) is 3.39. The molecular weight excluding hydrogens is 184 g/mol. The normalized spacial score (nSPS) is 8.25. The lowest BCUT2D eigenvalue weighted by Gasteiger charge is -1.95. The third kappa shape index (κ3) is 5.33. The molecule has 2 heteroatoms. The van der Waals surface area contributed by atoms with Crippen LogP contribution in [0.5, 0.6) is 0 Å². The summed E-state index contributed by atoms with van der Waals surface area (Å²) in [4.78, 5) is 0. The molecule has 0 bridgehead atoms. The van der Waals surface area contributed by atoms with Crippen LogP contribution < -0.4 is 0 Å². The van der Waals surface area contributed by atoms with Crippen LogP contribution in [0.2, 0.25) is 0 Å². The van der Waals surface area contributed by atoms with Gasteiger partial charge in [0.1, 0.15) is 0 Å². The number of thiocarbonyl (C=S) groups is 1. The van der Waals surface area contributed by atoms with Crippen molar-refractivity contribution in [3.63, 3.8) is 0 Å². The molecule has 0 aliphatic carbocycles. The van der Waals surface area contributed by atoms with Crippen molar-refractivity contribution in [2.45, 2.75) is 20.3 Å². The van der Waals surface area contributed by atoms with Crippen molar-refractivity contribution in [2.75, 3.05) is 0 Å². The van der Waals surface area contributed by atoms with Gasteiger partial charge in [-0.3, -0.25) is 0 Å². The lowest BCUT2D eigenvalue weighted by Crippen LogP contribution is -1.89. The fraction of sp³-hybridized carbons (Fsp3) is 0.300. The Morgan fingerprint density at radius 3 is 2.17 bits per heavy atom. The molecule has 66 valence electrons. The van der Waals surface area contributed by atoms with Crippen molar-refractivity contribution in [3.8, 4) is 0 Å². The highest BCUT2D eigenvalue weighted by Gasteiger charge is 1.91. The third-order valence-corrected chi connectivity index (χ3v) is 1.50. The van der Waals surface area contributed by atoms with Gasteiger partial charge in [0.25, 0.3) is 0 Å². The van der Waals surface area contributed by atoms with Gasteiger partial charge >= 0.3 is 0 Å². The molecule has 0 nitrogen and oxygen atoms in total. The van der Waals surface area contributed by atoms with Crippen LogP contribution in [0.25, 0.3) is 0 Å². The van der Waals surface area contributed by atoms with Crippen LogP contribution in [0.3, 0.4) is 0 Å². The van der Waals surface area contributed by atoms with Crippen molar-refractivity contribution in [3.05, 3.63) is 35.9 Å². The molecule has 1 aromatic rings. The molecule has 0 radical (unpaired) electrons. The van der Waals surface area contributed by atoms with Crippen molar-refractivity contribution in [1.29, 1.82) is 0 Å². The van der Waals surface area contributed by atoms with Gasteiger partial charge in [-0.25, -0.2) is 0 Å². The van der Waals surface area contributed by atoms with Crippen LogP contribution in [0.4, 0.5) is 0 Å². The Bertz CT molecular complexity index is 217. The first-order valence-corrected chi connectivity index (χ1v) is 4.90. The Morgan fingerprint density at radius 1 is 1.25 bits per heavy atom. The van der Waals surface area contributed by atoms with E-state index in [0.717, 1.165) is 10.6 Å². The van der Waals surface area contributed by atoms with E-state index in [1.165, 1.54) is 5.56 Å². The minimum absolute atomic E-state index is 0.742. The fourth-order valence-electron chi connectivity index (χ4n) is 0.770. The number of hydrogen-bond donors (Lipinski definition) is 1. The minimum Gasteiger partial charge on any atom is -0.136 e. The van der Waals surface area contributed by atoms with Crippen molar-refractivity contribution in [1.82, 2.24) is 0 Å². The first-order chi connectivity index (χ1) is 5.79. The van der Waals surface area contributed by atoms with Gasteiger partial charge < -0.3 is 0 Å². The highest BCUT2D eigenvalue weighted by molar-refractivity contribution is 8.11. The van der Waals surface area contributed by atoms with Gasteiger partial charge in [0.2, 0.25) is 0 Å². The van der Waals surface area contributed by atoms with E-state index in [2.05, 4.69) is 12.6 Å². The number of hydrogen-bond acceptors (Lipinski definition) is 1. The van der Waals surface area contributed by atoms with Crippen LogP contribution in [0.15, 0.2) is 30.3 Å². The zero-order valence-electron chi connectivity index (χ0n) is 7.45. The van der Waals surface area contributed by atoms with E-state index in [1.54, 1.807) is 0 Å². The summed E-state index contributed by atoms with van der Waals surface area (Å²) in [7, 11) is 0. The second-order valence-electron chi connectivity index (χ2n) is 2.06. The van der Waals surface area contributed by atoms with E-state index in [0.29, 0.717) is 0 Å². The zero-order valence-corrected chi connectivity index (χ0v) is 9.16. The molecule has 0 amide bonds. The Morgan fingerprint density at radius 2 is 1.75 bits per heavy atom. The summed E-state index contributed by atoms with van der Waals surface area (Å²) < 4.78 is 0.742. The molecule has 0 aliphatic heterocycles. The monoisotopic (exact) mass is 198 g/mol. The Kier molecular flexibility index (Phi) is 7.11. The van der Waals surface area contributed by atoms with Gasteiger partial charge in [-0.2, -0.15) is 0 Å². The average molecular weight is 198 g/mol. The summed E-state index contributed by atoms with van der Waals surface area (Å²) in [6, 6.07) is 10.1. The molecule has 0 saturated carbocycles. The van der Waals surface area contributed by atoms with E-state index >= 15 is 0 Å². The summed E-state index contributed by atoms with van der Waals surface area (Å²) in [5, 5.41) is 0. The van der Waals surface area contributed by atoms with Gasteiger partial charge in [-0.15, -0.1) is 12.6 Å². The molecule has 0 fully saturated rings. The summed E-state index contributed by atoms with van der Waals surface area (Å²) in [6.45, 7) is 4.00. The Labute approximate surface area is 85.4 Å². The molecule has 1 aromatic carbocycles. The maximum Gasteiger partial charge on any atom is 0.0491 e. The first kappa shape index (κ1) is 11.7. The second kappa shape index (κ2) is 7.32. The SMILES string of the molecule is CC.S=C(S)Cc1ccccc1. The fourth-order valence-corrected chi connectivity index (χ4v) is 1.12. The summed E-state index contributed by atoms with van der Waals surface area (Å²) in [5.74, 6) is 0. The largest absolute Gasteiger partial charge is 0.136 e. The van der Waals surface area contributed by atoms with E-state index in [9.17, 15) is 0 Å².